The normalized spacial score (nSPS) is 31.3. The van der Waals surface area contributed by atoms with Crippen molar-refractivity contribution in [1.82, 2.24) is 39.0 Å². The Morgan fingerprint density at radius 2 is 1.79 bits per heavy atom. The molecule has 42 heavy (non-hydrogen) atoms. The number of aromatic nitrogens is 8. The van der Waals surface area contributed by atoms with Gasteiger partial charge in [0.2, 0.25) is 5.95 Å². The highest BCUT2D eigenvalue weighted by Gasteiger charge is 2.50. The summed E-state index contributed by atoms with van der Waals surface area (Å²) < 4.78 is 31.8. The van der Waals surface area contributed by atoms with Crippen LogP contribution in [0.25, 0.3) is 22.3 Å². The monoisotopic (exact) mass is 628 g/mol. The third kappa shape index (κ3) is 4.92. The molecule has 0 radical (unpaired) electrons. The number of phosphoric acid groups is 1. The van der Waals surface area contributed by atoms with Gasteiger partial charge in [-0.05, 0) is 0 Å². The molecule has 0 saturated carbocycles. The van der Waals surface area contributed by atoms with Crippen molar-refractivity contribution in [1.29, 1.82) is 0 Å². The molecule has 2 saturated heterocycles. The molecule has 0 bridgehead atoms. The van der Waals surface area contributed by atoms with E-state index in [4.69, 9.17) is 25.3 Å². The second-order valence-corrected chi connectivity index (χ2v) is 12.2. The zero-order valence-corrected chi connectivity index (χ0v) is 22.9. The second kappa shape index (κ2) is 10.8. The van der Waals surface area contributed by atoms with Gasteiger partial charge in [0, 0.05) is 0 Å². The summed E-state index contributed by atoms with van der Waals surface area (Å²) in [5.41, 5.74) is 11.2. The molecule has 2 aliphatic heterocycles. The molecule has 10 N–H and O–H groups in total. The molecular weight excluding hydrogens is 603 g/mol. The SMILES string of the molecule is Nc1nc2c(ncn2[C@@H]2S[C@H](CO)C(O)[C@@H]2OP(=O)(O)OC[C@H]2O[C@@H](n3cnc4c(N)ncnc43)[C@@H](O)C2O)c(=O)[nH]1. The van der Waals surface area contributed by atoms with E-state index in [1.807, 2.05) is 0 Å². The van der Waals surface area contributed by atoms with Crippen LogP contribution < -0.4 is 17.0 Å². The van der Waals surface area contributed by atoms with Crippen LogP contribution in [-0.4, -0.2) is 113 Å². The summed E-state index contributed by atoms with van der Waals surface area (Å²) in [5, 5.41) is 39.9. The molecule has 0 aromatic carbocycles. The first-order valence-electron chi connectivity index (χ1n) is 12.3. The molecule has 6 heterocycles. The van der Waals surface area contributed by atoms with Crippen LogP contribution in [0.15, 0.2) is 23.8 Å². The minimum Gasteiger partial charge on any atom is -0.395 e. The molecule has 0 amide bonds. The van der Waals surface area contributed by atoms with Gasteiger partial charge < -0.3 is 41.5 Å². The number of fused-ring (bicyclic) bond motifs is 2. The van der Waals surface area contributed by atoms with Crippen LogP contribution in [0.3, 0.4) is 0 Å². The average Bonchev–Trinajstić information content (AvgIpc) is 3.69. The Hall–Kier alpha value is -3.24. The fourth-order valence-electron chi connectivity index (χ4n) is 4.84. The van der Waals surface area contributed by atoms with Crippen molar-refractivity contribution in [2.24, 2.45) is 0 Å². The maximum atomic E-state index is 13.0. The maximum Gasteiger partial charge on any atom is 0.472 e. The number of aromatic amines is 1. The van der Waals surface area contributed by atoms with Gasteiger partial charge in [-0.2, -0.15) is 4.98 Å². The Kier molecular flexibility index (Phi) is 7.42. The Labute approximate surface area is 237 Å². The smallest absolute Gasteiger partial charge is 0.395 e. The molecule has 2 aliphatic rings. The maximum absolute atomic E-state index is 13.0. The molecule has 9 atom stereocenters. The first-order valence-corrected chi connectivity index (χ1v) is 14.7. The van der Waals surface area contributed by atoms with Gasteiger partial charge in [0.1, 0.15) is 41.6 Å². The number of hydrogen-bond donors (Lipinski definition) is 8. The van der Waals surface area contributed by atoms with Gasteiger partial charge in [-0.25, -0.2) is 24.5 Å². The Balaban J connectivity index is 1.19. The van der Waals surface area contributed by atoms with Crippen LogP contribution in [0, 0.1) is 0 Å². The van der Waals surface area contributed by atoms with Crippen molar-refractivity contribution in [3.8, 4) is 0 Å². The second-order valence-electron chi connectivity index (χ2n) is 9.48. The van der Waals surface area contributed by atoms with E-state index in [2.05, 4.69) is 29.9 Å². The van der Waals surface area contributed by atoms with Crippen LogP contribution in [0.5, 0.6) is 0 Å². The first kappa shape index (κ1) is 28.9. The Morgan fingerprint density at radius 3 is 2.55 bits per heavy atom. The van der Waals surface area contributed by atoms with Crippen LogP contribution in [-0.2, 0) is 18.3 Å². The summed E-state index contributed by atoms with van der Waals surface area (Å²) in [4.78, 5) is 45.1. The third-order valence-corrected chi connectivity index (χ3v) is 9.41. The number of anilines is 2. The molecule has 2 fully saturated rings. The highest BCUT2D eigenvalue weighted by molar-refractivity contribution is 8.00. The summed E-state index contributed by atoms with van der Waals surface area (Å²) in [6.07, 6.45) is -4.80. The molecule has 226 valence electrons. The molecule has 6 rings (SSSR count). The number of H-pyrrole nitrogens is 1. The Bertz CT molecular complexity index is 1730. The van der Waals surface area contributed by atoms with Gasteiger partial charge in [0.05, 0.1) is 37.2 Å². The molecular formula is C20H25N10O10PS. The van der Waals surface area contributed by atoms with Gasteiger partial charge in [-0.15, -0.1) is 11.8 Å². The Morgan fingerprint density at radius 1 is 1.05 bits per heavy atom. The lowest BCUT2D eigenvalue weighted by Crippen LogP contribution is -2.36. The zero-order chi connectivity index (χ0) is 29.9. The fourth-order valence-corrected chi connectivity index (χ4v) is 7.28. The number of nitrogen functional groups attached to an aromatic ring is 2. The number of aliphatic hydroxyl groups is 4. The van der Waals surface area contributed by atoms with E-state index in [0.717, 1.165) is 11.8 Å². The number of imidazole rings is 2. The lowest BCUT2D eigenvalue weighted by molar-refractivity contribution is -0.0559. The fraction of sp³-hybridized carbons (Fsp3) is 0.500. The van der Waals surface area contributed by atoms with Gasteiger partial charge >= 0.3 is 7.82 Å². The number of aliphatic hydroxyl groups excluding tert-OH is 4. The van der Waals surface area contributed by atoms with Crippen molar-refractivity contribution < 1.29 is 43.7 Å². The minimum absolute atomic E-state index is 0.0170. The van der Waals surface area contributed by atoms with Crippen molar-refractivity contribution in [2.45, 2.75) is 47.4 Å². The van der Waals surface area contributed by atoms with Gasteiger partial charge in [-0.1, -0.05) is 0 Å². The van der Waals surface area contributed by atoms with E-state index in [-0.39, 0.29) is 34.1 Å². The topological polar surface area (TPSA) is 305 Å². The van der Waals surface area contributed by atoms with Crippen molar-refractivity contribution in [3.05, 3.63) is 29.3 Å². The number of thioether (sulfide) groups is 1. The van der Waals surface area contributed by atoms with E-state index in [0.29, 0.717) is 0 Å². The summed E-state index contributed by atoms with van der Waals surface area (Å²) in [7, 11) is -4.99. The van der Waals surface area contributed by atoms with E-state index < -0.39 is 74.0 Å². The predicted molar refractivity (Wildman–Crippen MR) is 142 cm³/mol. The van der Waals surface area contributed by atoms with Crippen LogP contribution in [0.1, 0.15) is 11.6 Å². The molecule has 4 aromatic heterocycles. The van der Waals surface area contributed by atoms with Crippen LogP contribution in [0.4, 0.5) is 11.8 Å². The molecule has 0 aliphatic carbocycles. The van der Waals surface area contributed by atoms with Crippen molar-refractivity contribution >= 4 is 53.7 Å². The number of hydrogen-bond acceptors (Lipinski definition) is 17. The molecule has 0 spiro atoms. The number of phosphoric ester groups is 1. The molecule has 3 unspecified atom stereocenters. The van der Waals surface area contributed by atoms with E-state index in [1.165, 1.54) is 28.1 Å². The average molecular weight is 629 g/mol. The van der Waals surface area contributed by atoms with E-state index in [1.54, 1.807) is 0 Å². The van der Waals surface area contributed by atoms with Crippen LogP contribution in [0.2, 0.25) is 0 Å². The largest absolute Gasteiger partial charge is 0.472 e. The lowest BCUT2D eigenvalue weighted by Gasteiger charge is -2.25. The highest BCUT2D eigenvalue weighted by Crippen LogP contribution is 2.53. The predicted octanol–water partition coefficient (Wildman–Crippen LogP) is -2.79. The number of nitrogens with zero attached hydrogens (tertiary/aromatic N) is 7. The standard InChI is InChI=1S/C20H25N10O10PS/c21-14-8-15(24-3-23-14)29(4-25-8)18-12(34)10(32)6(39-18)2-38-41(36,37)40-13-11(33)7(1-31)42-19(13)30-5-26-9-16(30)27-20(22)28-17(9)35/h3-7,10-13,18-19,31-34H,1-2H2,(H,36,37)(H2,21,23,24)(H3,22,27,28,35)/t6-,7-,10?,11?,12+,13+,18-,19-/m1/s1. The van der Waals surface area contributed by atoms with E-state index in [9.17, 15) is 34.7 Å². The minimum atomic E-state index is -4.99. The van der Waals surface area contributed by atoms with Crippen molar-refractivity contribution in [2.75, 3.05) is 24.7 Å². The molecule has 20 nitrogen and oxygen atoms in total. The quantitative estimate of drug-likeness (QED) is 0.0914. The van der Waals surface area contributed by atoms with E-state index >= 15 is 0 Å². The number of ether oxygens (including phenoxy) is 1. The summed E-state index contributed by atoms with van der Waals surface area (Å²) in [5.74, 6) is -0.117. The number of rotatable bonds is 8. The third-order valence-electron chi connectivity index (χ3n) is 6.87. The molecule has 22 heteroatoms. The zero-order valence-electron chi connectivity index (χ0n) is 21.2. The van der Waals surface area contributed by atoms with Crippen molar-refractivity contribution in [3.63, 3.8) is 0 Å². The van der Waals surface area contributed by atoms with Gasteiger partial charge in [-0.3, -0.25) is 28.0 Å². The highest BCUT2D eigenvalue weighted by atomic mass is 32.2. The lowest BCUT2D eigenvalue weighted by atomic mass is 10.1. The van der Waals surface area contributed by atoms with Gasteiger partial charge in [0.25, 0.3) is 5.56 Å². The summed E-state index contributed by atoms with van der Waals surface area (Å²) in [6.45, 7) is -1.22. The van der Waals surface area contributed by atoms with Crippen LogP contribution >= 0.6 is 19.6 Å². The number of nitrogens with two attached hydrogens (primary N) is 2. The summed E-state index contributed by atoms with van der Waals surface area (Å²) >= 11 is 0.988. The summed E-state index contributed by atoms with van der Waals surface area (Å²) in [6, 6.07) is 0. The number of nitrogens with one attached hydrogen (secondary N) is 1. The first-order chi connectivity index (χ1) is 20.0. The molecule has 4 aromatic rings. The van der Waals surface area contributed by atoms with Gasteiger partial charge in [0.15, 0.2) is 28.9 Å².